The maximum Gasteiger partial charge on any atom is 0.269 e. The number of methoxy groups -OCH3 is 1. The standard InChI is InChI=1S/C23H20N4O4/c1-4-11-25-21(28)16(14-24)13-19-22(31-18-9-7-17(30-3)8-10-18)26-20-15(2)6-5-12-27(20)23(19)29/h4-10,12-13H,1,11H2,2-3H3,(H,25,28). The first-order valence-corrected chi connectivity index (χ1v) is 9.33. The maximum atomic E-state index is 13.2. The first-order chi connectivity index (χ1) is 15.0. The predicted octanol–water partition coefficient (Wildman–Crippen LogP) is 3.01. The first-order valence-electron chi connectivity index (χ1n) is 9.33. The van der Waals surface area contributed by atoms with Crippen LogP contribution in [0.1, 0.15) is 11.1 Å². The highest BCUT2D eigenvalue weighted by atomic mass is 16.5. The minimum atomic E-state index is -0.633. The third-order valence-corrected chi connectivity index (χ3v) is 4.38. The Labute approximate surface area is 178 Å². The molecule has 0 aliphatic rings. The molecule has 156 valence electrons. The predicted molar refractivity (Wildman–Crippen MR) is 116 cm³/mol. The van der Waals surface area contributed by atoms with Crippen molar-refractivity contribution in [3.63, 3.8) is 0 Å². The zero-order chi connectivity index (χ0) is 22.4. The van der Waals surface area contributed by atoms with Crippen LogP contribution in [0.2, 0.25) is 0 Å². The molecule has 0 bridgehead atoms. The van der Waals surface area contributed by atoms with Gasteiger partial charge in [-0.1, -0.05) is 12.1 Å². The third kappa shape index (κ3) is 4.62. The average molecular weight is 416 g/mol. The Kier molecular flexibility index (Phi) is 6.48. The molecule has 1 aromatic carbocycles. The second-order valence-corrected chi connectivity index (χ2v) is 6.47. The van der Waals surface area contributed by atoms with Gasteiger partial charge in [-0.05, 0) is 48.9 Å². The van der Waals surface area contributed by atoms with Crippen molar-refractivity contribution in [2.24, 2.45) is 0 Å². The number of aromatic nitrogens is 2. The molecule has 0 atom stereocenters. The van der Waals surface area contributed by atoms with Crippen molar-refractivity contribution >= 4 is 17.6 Å². The van der Waals surface area contributed by atoms with Gasteiger partial charge in [0.05, 0.1) is 7.11 Å². The number of benzene rings is 1. The van der Waals surface area contributed by atoms with Crippen molar-refractivity contribution in [3.05, 3.63) is 82.3 Å². The van der Waals surface area contributed by atoms with E-state index in [4.69, 9.17) is 9.47 Å². The molecule has 3 rings (SSSR count). The fraction of sp³-hybridized carbons (Fsp3) is 0.130. The Bertz CT molecular complexity index is 1270. The Hall–Kier alpha value is -4.38. The van der Waals surface area contributed by atoms with Crippen LogP contribution in [0.25, 0.3) is 11.7 Å². The van der Waals surface area contributed by atoms with E-state index < -0.39 is 11.5 Å². The van der Waals surface area contributed by atoms with Crippen molar-refractivity contribution in [1.82, 2.24) is 14.7 Å². The molecule has 0 unspecified atom stereocenters. The number of fused-ring (bicyclic) bond motifs is 1. The summed E-state index contributed by atoms with van der Waals surface area (Å²) in [6.45, 7) is 5.52. The number of carbonyl (C=O) groups is 1. The third-order valence-electron chi connectivity index (χ3n) is 4.38. The molecule has 0 spiro atoms. The van der Waals surface area contributed by atoms with Gasteiger partial charge in [0.25, 0.3) is 11.5 Å². The first kappa shape index (κ1) is 21.3. The molecule has 0 saturated heterocycles. The summed E-state index contributed by atoms with van der Waals surface area (Å²) >= 11 is 0. The number of nitriles is 1. The van der Waals surface area contributed by atoms with E-state index in [0.29, 0.717) is 17.1 Å². The van der Waals surface area contributed by atoms with Gasteiger partial charge in [-0.2, -0.15) is 10.2 Å². The van der Waals surface area contributed by atoms with E-state index in [1.807, 2.05) is 19.1 Å². The van der Waals surface area contributed by atoms with Crippen LogP contribution in [0.5, 0.6) is 17.4 Å². The summed E-state index contributed by atoms with van der Waals surface area (Å²) in [5.74, 6) is 0.399. The average Bonchev–Trinajstić information content (AvgIpc) is 2.78. The number of hydrogen-bond donors (Lipinski definition) is 1. The Morgan fingerprint density at radius 3 is 2.65 bits per heavy atom. The second-order valence-electron chi connectivity index (χ2n) is 6.47. The second kappa shape index (κ2) is 9.41. The molecule has 0 fully saturated rings. The Morgan fingerprint density at radius 2 is 2.00 bits per heavy atom. The number of nitrogens with zero attached hydrogens (tertiary/aromatic N) is 3. The van der Waals surface area contributed by atoms with Gasteiger partial charge in [0.15, 0.2) is 0 Å². The Balaban J connectivity index is 2.18. The van der Waals surface area contributed by atoms with Crippen molar-refractivity contribution in [2.75, 3.05) is 13.7 Å². The molecule has 31 heavy (non-hydrogen) atoms. The molecular formula is C23H20N4O4. The summed E-state index contributed by atoms with van der Waals surface area (Å²) in [5, 5.41) is 12.0. The summed E-state index contributed by atoms with van der Waals surface area (Å²) in [7, 11) is 1.55. The number of aryl methyl sites for hydroxylation is 1. The number of pyridine rings is 1. The lowest BCUT2D eigenvalue weighted by Crippen LogP contribution is -2.25. The van der Waals surface area contributed by atoms with Crippen molar-refractivity contribution in [1.29, 1.82) is 5.26 Å². The highest BCUT2D eigenvalue weighted by molar-refractivity contribution is 6.02. The molecule has 0 aliphatic carbocycles. The minimum absolute atomic E-state index is 0.0197. The van der Waals surface area contributed by atoms with E-state index in [2.05, 4.69) is 16.9 Å². The quantitative estimate of drug-likeness (QED) is 0.361. The van der Waals surface area contributed by atoms with E-state index in [0.717, 1.165) is 5.56 Å². The van der Waals surface area contributed by atoms with Gasteiger partial charge in [0.1, 0.15) is 34.4 Å². The van der Waals surface area contributed by atoms with Gasteiger partial charge in [-0.25, -0.2) is 0 Å². The van der Waals surface area contributed by atoms with Crippen molar-refractivity contribution in [3.8, 4) is 23.4 Å². The van der Waals surface area contributed by atoms with Crippen LogP contribution in [0.4, 0.5) is 0 Å². The normalized spacial score (nSPS) is 10.9. The molecule has 0 saturated carbocycles. The van der Waals surface area contributed by atoms with E-state index >= 15 is 0 Å². The van der Waals surface area contributed by atoms with Crippen LogP contribution < -0.4 is 20.3 Å². The van der Waals surface area contributed by atoms with Crippen LogP contribution in [-0.2, 0) is 4.79 Å². The largest absolute Gasteiger partial charge is 0.497 e. The fourth-order valence-electron chi connectivity index (χ4n) is 2.80. The molecule has 3 aromatic rings. The van der Waals surface area contributed by atoms with Gasteiger partial charge in [-0.15, -0.1) is 6.58 Å². The summed E-state index contributed by atoms with van der Waals surface area (Å²) in [5.41, 5.74) is 0.417. The van der Waals surface area contributed by atoms with Gasteiger partial charge in [0, 0.05) is 12.7 Å². The van der Waals surface area contributed by atoms with E-state index in [9.17, 15) is 14.9 Å². The van der Waals surface area contributed by atoms with Gasteiger partial charge in [0.2, 0.25) is 5.88 Å². The topological polar surface area (TPSA) is 106 Å². The molecule has 8 nitrogen and oxygen atoms in total. The fourth-order valence-corrected chi connectivity index (χ4v) is 2.80. The lowest BCUT2D eigenvalue weighted by Gasteiger charge is -2.12. The van der Waals surface area contributed by atoms with Gasteiger partial charge >= 0.3 is 0 Å². The van der Waals surface area contributed by atoms with Crippen LogP contribution in [0, 0.1) is 18.3 Å². The van der Waals surface area contributed by atoms with Crippen molar-refractivity contribution in [2.45, 2.75) is 6.92 Å². The molecule has 0 radical (unpaired) electrons. The van der Waals surface area contributed by atoms with Gasteiger partial charge in [-0.3, -0.25) is 14.0 Å². The van der Waals surface area contributed by atoms with Crippen LogP contribution in [-0.4, -0.2) is 28.9 Å². The molecule has 8 heteroatoms. The molecule has 1 N–H and O–H groups in total. The van der Waals surface area contributed by atoms with E-state index in [1.54, 1.807) is 43.6 Å². The van der Waals surface area contributed by atoms with Crippen LogP contribution in [0.15, 0.2) is 65.6 Å². The lowest BCUT2D eigenvalue weighted by atomic mass is 10.1. The summed E-state index contributed by atoms with van der Waals surface area (Å²) in [4.78, 5) is 30.0. The number of amides is 1. The van der Waals surface area contributed by atoms with E-state index in [-0.39, 0.29) is 23.6 Å². The van der Waals surface area contributed by atoms with Crippen molar-refractivity contribution < 1.29 is 14.3 Å². The zero-order valence-electron chi connectivity index (χ0n) is 17.1. The zero-order valence-corrected chi connectivity index (χ0v) is 17.1. The minimum Gasteiger partial charge on any atom is -0.497 e. The Morgan fingerprint density at radius 1 is 1.29 bits per heavy atom. The van der Waals surface area contributed by atoms with Gasteiger partial charge < -0.3 is 14.8 Å². The number of carbonyl (C=O) groups excluding carboxylic acids is 1. The number of ether oxygens (including phenoxy) is 2. The highest BCUT2D eigenvalue weighted by Crippen LogP contribution is 2.26. The summed E-state index contributed by atoms with van der Waals surface area (Å²) in [6, 6.07) is 12.1. The SMILES string of the molecule is C=CCNC(=O)C(C#N)=Cc1c(Oc2ccc(OC)cc2)nc2c(C)cccn2c1=O. The van der Waals surface area contributed by atoms with Crippen LogP contribution in [0.3, 0.4) is 0 Å². The number of nitrogens with one attached hydrogen (secondary N) is 1. The smallest absolute Gasteiger partial charge is 0.269 e. The monoisotopic (exact) mass is 416 g/mol. The molecule has 2 aromatic heterocycles. The molecular weight excluding hydrogens is 396 g/mol. The summed E-state index contributed by atoms with van der Waals surface area (Å²) < 4.78 is 12.4. The lowest BCUT2D eigenvalue weighted by molar-refractivity contribution is -0.116. The molecule has 1 amide bonds. The highest BCUT2D eigenvalue weighted by Gasteiger charge is 2.18. The maximum absolute atomic E-state index is 13.2. The number of hydrogen-bond acceptors (Lipinski definition) is 6. The molecule has 2 heterocycles. The summed E-state index contributed by atoms with van der Waals surface area (Å²) in [6.07, 6.45) is 4.23. The number of rotatable bonds is 7. The van der Waals surface area contributed by atoms with Crippen LogP contribution >= 0.6 is 0 Å². The van der Waals surface area contributed by atoms with E-state index in [1.165, 1.54) is 16.6 Å². The molecule has 0 aliphatic heterocycles.